The molecule has 0 aromatic heterocycles. The van der Waals surface area contributed by atoms with Crippen molar-refractivity contribution in [3.8, 4) is 0 Å². The third-order valence-electron chi connectivity index (χ3n) is 2.72. The van der Waals surface area contributed by atoms with Gasteiger partial charge in [-0.2, -0.15) is 0 Å². The minimum atomic E-state index is -1.19. The molecule has 0 aliphatic carbocycles. The number of rotatable bonds is 4. The number of ether oxygens (including phenoxy) is 1. The summed E-state index contributed by atoms with van der Waals surface area (Å²) in [6.07, 6.45) is -0.350. The van der Waals surface area contributed by atoms with E-state index in [9.17, 15) is 9.59 Å². The summed E-state index contributed by atoms with van der Waals surface area (Å²) in [7, 11) is 0. The van der Waals surface area contributed by atoms with Crippen molar-refractivity contribution in [2.45, 2.75) is 45.3 Å². The van der Waals surface area contributed by atoms with Crippen LogP contribution in [0.5, 0.6) is 0 Å². The molecule has 0 radical (unpaired) electrons. The summed E-state index contributed by atoms with van der Waals surface area (Å²) in [6, 6.07) is 9.36. The topological polar surface area (TPSA) is 81.4 Å². The molecular formula is C15H22N2O3. The second-order valence-electron chi connectivity index (χ2n) is 5.99. The summed E-state index contributed by atoms with van der Waals surface area (Å²) < 4.78 is 5.16. The molecule has 0 saturated heterocycles. The van der Waals surface area contributed by atoms with Crippen LogP contribution in [0, 0.1) is 0 Å². The lowest BCUT2D eigenvalue weighted by atomic mass is 9.92. The summed E-state index contributed by atoms with van der Waals surface area (Å²) in [5, 5.41) is 2.56. The fraction of sp³-hybridized carbons (Fsp3) is 0.467. The van der Waals surface area contributed by atoms with Gasteiger partial charge in [-0.3, -0.25) is 4.79 Å². The van der Waals surface area contributed by atoms with Gasteiger partial charge in [0.25, 0.3) is 0 Å². The van der Waals surface area contributed by atoms with E-state index in [0.29, 0.717) is 6.42 Å². The van der Waals surface area contributed by atoms with Crippen molar-refractivity contribution in [2.24, 2.45) is 5.73 Å². The molecule has 2 amide bonds. The average Bonchev–Trinajstić information content (AvgIpc) is 2.26. The van der Waals surface area contributed by atoms with E-state index >= 15 is 0 Å². The van der Waals surface area contributed by atoms with E-state index in [2.05, 4.69) is 5.32 Å². The fourth-order valence-corrected chi connectivity index (χ4v) is 1.73. The van der Waals surface area contributed by atoms with E-state index in [1.807, 2.05) is 30.3 Å². The Hall–Kier alpha value is -2.04. The molecule has 0 aliphatic rings. The van der Waals surface area contributed by atoms with E-state index in [-0.39, 0.29) is 0 Å². The van der Waals surface area contributed by atoms with Crippen molar-refractivity contribution in [1.82, 2.24) is 5.32 Å². The molecule has 0 aliphatic heterocycles. The first-order valence-corrected chi connectivity index (χ1v) is 6.47. The van der Waals surface area contributed by atoms with Crippen molar-refractivity contribution >= 4 is 12.0 Å². The predicted octanol–water partition coefficient (Wildman–Crippen LogP) is 2.00. The summed E-state index contributed by atoms with van der Waals surface area (Å²) in [4.78, 5) is 23.5. The smallest absolute Gasteiger partial charge is 0.408 e. The number of alkyl carbamates (subject to hydrolysis) is 1. The maximum Gasteiger partial charge on any atom is 0.408 e. The Labute approximate surface area is 119 Å². The molecule has 1 aromatic rings. The fourth-order valence-electron chi connectivity index (χ4n) is 1.73. The van der Waals surface area contributed by atoms with Crippen molar-refractivity contribution < 1.29 is 14.3 Å². The van der Waals surface area contributed by atoms with E-state index < -0.39 is 23.1 Å². The maximum atomic E-state index is 11.8. The molecule has 0 saturated carbocycles. The second kappa shape index (κ2) is 5.94. The van der Waals surface area contributed by atoms with Gasteiger partial charge in [0.05, 0.1) is 0 Å². The number of nitrogens with one attached hydrogen (secondary N) is 1. The lowest BCUT2D eigenvalue weighted by molar-refractivity contribution is -0.123. The van der Waals surface area contributed by atoms with Crippen LogP contribution in [0.15, 0.2) is 30.3 Å². The zero-order chi connectivity index (χ0) is 15.4. The molecule has 1 atom stereocenters. The van der Waals surface area contributed by atoms with Crippen molar-refractivity contribution in [2.75, 3.05) is 0 Å². The highest BCUT2D eigenvalue weighted by Gasteiger charge is 2.34. The molecule has 3 N–H and O–H groups in total. The van der Waals surface area contributed by atoms with Crippen LogP contribution in [0.25, 0.3) is 0 Å². The normalized spacial score (nSPS) is 14.2. The molecule has 0 fully saturated rings. The van der Waals surface area contributed by atoms with Crippen LogP contribution in [0.2, 0.25) is 0 Å². The molecule has 0 unspecified atom stereocenters. The first-order valence-electron chi connectivity index (χ1n) is 6.47. The molecule has 1 rings (SSSR count). The predicted molar refractivity (Wildman–Crippen MR) is 77.1 cm³/mol. The average molecular weight is 278 g/mol. The van der Waals surface area contributed by atoms with E-state index in [4.69, 9.17) is 10.5 Å². The summed E-state index contributed by atoms with van der Waals surface area (Å²) in [5.74, 6) is -0.604. The molecule has 0 spiro atoms. The van der Waals surface area contributed by atoms with Crippen LogP contribution in [0.3, 0.4) is 0 Å². The number of hydrogen-bond donors (Lipinski definition) is 2. The Morgan fingerprint density at radius 3 is 2.15 bits per heavy atom. The number of carbonyl (C=O) groups is 2. The number of primary amides is 1. The van der Waals surface area contributed by atoms with Crippen LogP contribution in [0.4, 0.5) is 4.79 Å². The van der Waals surface area contributed by atoms with E-state index in [1.165, 1.54) is 0 Å². The molecule has 5 heteroatoms. The molecular weight excluding hydrogens is 256 g/mol. The van der Waals surface area contributed by atoms with Gasteiger partial charge in [0.2, 0.25) is 5.91 Å². The Kier molecular flexibility index (Phi) is 4.76. The van der Waals surface area contributed by atoms with Crippen molar-refractivity contribution in [3.05, 3.63) is 35.9 Å². The standard InChI is InChI=1S/C15H22N2O3/c1-14(2,3)20-13(19)17-15(4,12(16)18)10-11-8-6-5-7-9-11/h5-9H,10H2,1-4H3,(H2,16,18)(H,17,19)/t15-/m1/s1. The van der Waals surface area contributed by atoms with Gasteiger partial charge in [-0.05, 0) is 33.3 Å². The zero-order valence-corrected chi connectivity index (χ0v) is 12.4. The molecule has 0 bridgehead atoms. The van der Waals surface area contributed by atoms with Gasteiger partial charge >= 0.3 is 6.09 Å². The van der Waals surface area contributed by atoms with Crippen LogP contribution >= 0.6 is 0 Å². The van der Waals surface area contributed by atoms with Gasteiger partial charge in [0, 0.05) is 6.42 Å². The van der Waals surface area contributed by atoms with Crippen LogP contribution < -0.4 is 11.1 Å². The van der Waals surface area contributed by atoms with Crippen molar-refractivity contribution in [1.29, 1.82) is 0 Å². The maximum absolute atomic E-state index is 11.8. The monoisotopic (exact) mass is 278 g/mol. The van der Waals surface area contributed by atoms with Crippen LogP contribution in [0.1, 0.15) is 33.3 Å². The lowest BCUT2D eigenvalue weighted by Crippen LogP contribution is -2.57. The van der Waals surface area contributed by atoms with Gasteiger partial charge in [-0.1, -0.05) is 30.3 Å². The Morgan fingerprint density at radius 1 is 1.15 bits per heavy atom. The van der Waals surface area contributed by atoms with Gasteiger partial charge in [-0.15, -0.1) is 0 Å². The summed E-state index contributed by atoms with van der Waals surface area (Å²) >= 11 is 0. The third kappa shape index (κ3) is 4.91. The number of benzene rings is 1. The molecule has 0 heterocycles. The highest BCUT2D eigenvalue weighted by molar-refractivity contribution is 5.88. The summed E-state index contributed by atoms with van der Waals surface area (Å²) in [5.41, 5.74) is 4.51. The van der Waals surface area contributed by atoms with Crippen LogP contribution in [-0.4, -0.2) is 23.1 Å². The minimum Gasteiger partial charge on any atom is -0.444 e. The second-order valence-corrected chi connectivity index (χ2v) is 5.99. The molecule has 110 valence electrons. The number of nitrogens with two attached hydrogens (primary N) is 1. The lowest BCUT2D eigenvalue weighted by Gasteiger charge is -2.29. The Morgan fingerprint density at radius 2 is 1.70 bits per heavy atom. The first kappa shape index (κ1) is 16.0. The zero-order valence-electron chi connectivity index (χ0n) is 12.4. The highest BCUT2D eigenvalue weighted by Crippen LogP contribution is 2.15. The number of amides is 2. The largest absolute Gasteiger partial charge is 0.444 e. The Bertz CT molecular complexity index is 480. The molecule has 5 nitrogen and oxygen atoms in total. The van der Waals surface area contributed by atoms with Gasteiger partial charge in [0.1, 0.15) is 11.1 Å². The van der Waals surface area contributed by atoms with Gasteiger partial charge in [0.15, 0.2) is 0 Å². The molecule has 20 heavy (non-hydrogen) atoms. The number of hydrogen-bond acceptors (Lipinski definition) is 3. The number of carbonyl (C=O) groups excluding carboxylic acids is 2. The molecule has 1 aromatic carbocycles. The highest BCUT2D eigenvalue weighted by atomic mass is 16.6. The van der Waals surface area contributed by atoms with Gasteiger partial charge < -0.3 is 15.8 Å². The summed E-state index contributed by atoms with van der Waals surface area (Å²) in [6.45, 7) is 6.86. The Balaban J connectivity index is 2.82. The van der Waals surface area contributed by atoms with E-state index in [1.54, 1.807) is 27.7 Å². The quantitative estimate of drug-likeness (QED) is 0.883. The van der Waals surface area contributed by atoms with Crippen molar-refractivity contribution in [3.63, 3.8) is 0 Å². The van der Waals surface area contributed by atoms with E-state index in [0.717, 1.165) is 5.56 Å². The van der Waals surface area contributed by atoms with Gasteiger partial charge in [-0.25, -0.2) is 4.79 Å². The first-order chi connectivity index (χ1) is 9.12. The van der Waals surface area contributed by atoms with Crippen LogP contribution in [-0.2, 0) is 16.0 Å². The minimum absolute atomic E-state index is 0.308. The third-order valence-corrected chi connectivity index (χ3v) is 2.72. The SMILES string of the molecule is CC(C)(C)OC(=O)N[C@](C)(Cc1ccccc1)C(N)=O.